The highest BCUT2D eigenvalue weighted by molar-refractivity contribution is 7.89. The average Bonchev–Trinajstić information content (AvgIpc) is 2.60. The smallest absolute Gasteiger partial charge is 0.243 e. The van der Waals surface area contributed by atoms with E-state index < -0.39 is 10.0 Å². The molecule has 3 rings (SSSR count). The highest BCUT2D eigenvalue weighted by Gasteiger charge is 2.36. The highest BCUT2D eigenvalue weighted by atomic mass is 32.2. The van der Waals surface area contributed by atoms with Crippen LogP contribution in [0, 0.1) is 0 Å². The molecule has 2 atom stereocenters. The molecule has 0 spiro atoms. The van der Waals surface area contributed by atoms with Crippen LogP contribution < -0.4 is 9.47 Å². The molecule has 1 aromatic carbocycles. The van der Waals surface area contributed by atoms with E-state index in [4.69, 9.17) is 9.47 Å². The third kappa shape index (κ3) is 3.98. The molecule has 2 aliphatic heterocycles. The molecule has 0 saturated carbocycles. The zero-order valence-electron chi connectivity index (χ0n) is 16.0. The molecule has 26 heavy (non-hydrogen) atoms. The van der Waals surface area contributed by atoms with Gasteiger partial charge in [0, 0.05) is 44.3 Å². The average molecular weight is 384 g/mol. The third-order valence-corrected chi connectivity index (χ3v) is 6.85. The lowest BCUT2D eigenvalue weighted by Gasteiger charge is -2.44. The summed E-state index contributed by atoms with van der Waals surface area (Å²) in [5.41, 5.74) is 0. The maximum Gasteiger partial charge on any atom is 0.243 e. The van der Waals surface area contributed by atoms with E-state index in [0.717, 1.165) is 13.1 Å². The minimum atomic E-state index is -3.56. The molecular formula is C18H29N3O4S. The van der Waals surface area contributed by atoms with Crippen molar-refractivity contribution in [3.05, 3.63) is 18.2 Å². The van der Waals surface area contributed by atoms with Crippen molar-refractivity contribution in [2.75, 3.05) is 53.5 Å². The molecule has 7 nitrogen and oxygen atoms in total. The van der Waals surface area contributed by atoms with Gasteiger partial charge in [0.2, 0.25) is 10.0 Å². The number of rotatable bonds is 5. The van der Waals surface area contributed by atoms with Crippen molar-refractivity contribution in [3.8, 4) is 11.5 Å². The zero-order valence-corrected chi connectivity index (χ0v) is 16.8. The molecule has 0 bridgehead atoms. The summed E-state index contributed by atoms with van der Waals surface area (Å²) in [7, 11) is 0.552. The van der Waals surface area contributed by atoms with E-state index in [1.165, 1.54) is 0 Å². The summed E-state index contributed by atoms with van der Waals surface area (Å²) in [4.78, 5) is 4.80. The Morgan fingerprint density at radius 1 is 1.08 bits per heavy atom. The van der Waals surface area contributed by atoms with Crippen LogP contribution in [-0.4, -0.2) is 88.1 Å². The second-order valence-electron chi connectivity index (χ2n) is 7.37. The zero-order chi connectivity index (χ0) is 18.9. The summed E-state index contributed by atoms with van der Waals surface area (Å²) in [6.45, 7) is 8.01. The van der Waals surface area contributed by atoms with E-state index in [2.05, 4.69) is 37.7 Å². The van der Waals surface area contributed by atoms with Crippen LogP contribution in [0.5, 0.6) is 11.5 Å². The van der Waals surface area contributed by atoms with Crippen molar-refractivity contribution in [1.29, 1.82) is 0 Å². The summed E-state index contributed by atoms with van der Waals surface area (Å²) in [5, 5.41) is 0. The fourth-order valence-electron chi connectivity index (χ4n) is 3.59. The first-order valence-electron chi connectivity index (χ1n) is 9.09. The molecule has 2 aliphatic rings. The molecule has 0 amide bonds. The Balaban J connectivity index is 1.76. The maximum atomic E-state index is 13.1. The van der Waals surface area contributed by atoms with E-state index in [1.54, 1.807) is 22.5 Å². The fourth-order valence-corrected chi connectivity index (χ4v) is 5.21. The molecule has 1 fully saturated rings. The lowest BCUT2D eigenvalue weighted by Crippen LogP contribution is -2.58. The van der Waals surface area contributed by atoms with Crippen molar-refractivity contribution < 1.29 is 17.9 Å². The van der Waals surface area contributed by atoms with Crippen LogP contribution in [0.25, 0.3) is 0 Å². The quantitative estimate of drug-likeness (QED) is 0.759. The van der Waals surface area contributed by atoms with Gasteiger partial charge in [-0.2, -0.15) is 4.31 Å². The second kappa shape index (κ2) is 7.72. The Labute approximate surface area is 156 Å². The Hall–Kier alpha value is -1.35. The lowest BCUT2D eigenvalue weighted by atomic mass is 10.1. The van der Waals surface area contributed by atoms with Crippen LogP contribution in [0.4, 0.5) is 0 Å². The van der Waals surface area contributed by atoms with Gasteiger partial charge in [-0.1, -0.05) is 0 Å². The third-order valence-electron chi connectivity index (χ3n) is 5.02. The van der Waals surface area contributed by atoms with Gasteiger partial charge in [0.25, 0.3) is 0 Å². The van der Waals surface area contributed by atoms with Gasteiger partial charge >= 0.3 is 0 Å². The number of nitrogens with zero attached hydrogens (tertiary/aromatic N) is 3. The molecule has 0 aliphatic carbocycles. The van der Waals surface area contributed by atoms with Gasteiger partial charge in [-0.3, -0.25) is 4.90 Å². The number of ether oxygens (including phenoxy) is 2. The van der Waals surface area contributed by atoms with Gasteiger partial charge in [0.1, 0.15) is 13.2 Å². The molecule has 0 aromatic heterocycles. The first kappa shape index (κ1) is 19.4. The SMILES string of the molecule is CC1CN(S(=O)(=O)c2ccc3c(c2)OCCO3)CC(C)N1CCN(C)C. The van der Waals surface area contributed by atoms with Gasteiger partial charge in [0.15, 0.2) is 11.5 Å². The van der Waals surface area contributed by atoms with Crippen molar-refractivity contribution in [2.24, 2.45) is 0 Å². The molecule has 0 radical (unpaired) electrons. The first-order valence-corrected chi connectivity index (χ1v) is 10.5. The first-order chi connectivity index (χ1) is 12.3. The predicted molar refractivity (Wildman–Crippen MR) is 100 cm³/mol. The number of hydrogen-bond acceptors (Lipinski definition) is 6. The maximum absolute atomic E-state index is 13.1. The Bertz CT molecular complexity index is 726. The summed E-state index contributed by atoms with van der Waals surface area (Å²) in [6, 6.07) is 5.21. The molecule has 2 heterocycles. The Morgan fingerprint density at radius 3 is 2.31 bits per heavy atom. The highest BCUT2D eigenvalue weighted by Crippen LogP contribution is 2.33. The standard InChI is InChI=1S/C18H29N3O4S/c1-14-12-20(13-15(2)21(14)8-7-19(3)4)26(22,23)16-5-6-17-18(11-16)25-10-9-24-17/h5-6,11,14-15H,7-10,12-13H2,1-4H3. The molecule has 8 heteroatoms. The van der Waals surface area contributed by atoms with Crippen molar-refractivity contribution >= 4 is 10.0 Å². The summed E-state index contributed by atoms with van der Waals surface area (Å²) >= 11 is 0. The van der Waals surface area contributed by atoms with Crippen molar-refractivity contribution in [3.63, 3.8) is 0 Å². The van der Waals surface area contributed by atoms with Crippen LogP contribution in [0.2, 0.25) is 0 Å². The van der Waals surface area contributed by atoms with Crippen LogP contribution in [0.15, 0.2) is 23.1 Å². The molecule has 146 valence electrons. The van der Waals surface area contributed by atoms with Crippen molar-refractivity contribution in [1.82, 2.24) is 14.1 Å². The number of sulfonamides is 1. The van der Waals surface area contributed by atoms with Gasteiger partial charge in [-0.25, -0.2) is 8.42 Å². The monoisotopic (exact) mass is 383 g/mol. The molecular weight excluding hydrogens is 354 g/mol. The predicted octanol–water partition coefficient (Wildman–Crippen LogP) is 1.10. The minimum absolute atomic E-state index is 0.172. The van der Waals surface area contributed by atoms with Crippen LogP contribution in [-0.2, 0) is 10.0 Å². The second-order valence-corrected chi connectivity index (χ2v) is 9.30. The van der Waals surface area contributed by atoms with E-state index in [1.807, 2.05) is 0 Å². The lowest BCUT2D eigenvalue weighted by molar-refractivity contribution is 0.0708. The van der Waals surface area contributed by atoms with E-state index in [0.29, 0.717) is 37.8 Å². The van der Waals surface area contributed by atoms with Crippen molar-refractivity contribution in [2.45, 2.75) is 30.8 Å². The van der Waals surface area contributed by atoms with E-state index >= 15 is 0 Å². The van der Waals surface area contributed by atoms with Crippen LogP contribution in [0.3, 0.4) is 0 Å². The largest absolute Gasteiger partial charge is 0.486 e. The fraction of sp³-hybridized carbons (Fsp3) is 0.667. The van der Waals surface area contributed by atoms with Crippen LogP contribution >= 0.6 is 0 Å². The van der Waals surface area contributed by atoms with E-state index in [-0.39, 0.29) is 17.0 Å². The normalized spacial score (nSPS) is 24.8. The molecule has 1 saturated heterocycles. The molecule has 0 N–H and O–H groups in total. The summed E-state index contributed by atoms with van der Waals surface area (Å²) < 4.78 is 38.9. The number of benzene rings is 1. The number of fused-ring (bicyclic) bond motifs is 1. The van der Waals surface area contributed by atoms with Gasteiger partial charge < -0.3 is 14.4 Å². The van der Waals surface area contributed by atoms with Crippen LogP contribution in [0.1, 0.15) is 13.8 Å². The van der Waals surface area contributed by atoms with Gasteiger partial charge in [0.05, 0.1) is 4.90 Å². The topological polar surface area (TPSA) is 62.3 Å². The molecule has 1 aromatic rings. The minimum Gasteiger partial charge on any atom is -0.486 e. The van der Waals surface area contributed by atoms with E-state index in [9.17, 15) is 8.42 Å². The van der Waals surface area contributed by atoms with Gasteiger partial charge in [-0.15, -0.1) is 0 Å². The number of likely N-dealkylation sites (N-methyl/N-ethyl adjacent to an activating group) is 1. The summed E-state index contributed by atoms with van der Waals surface area (Å²) in [6.07, 6.45) is 0. The van der Waals surface area contributed by atoms with Gasteiger partial charge in [-0.05, 0) is 40.1 Å². The Morgan fingerprint density at radius 2 is 1.69 bits per heavy atom. The number of piperazine rings is 1. The Kier molecular flexibility index (Phi) is 5.76. The molecule has 2 unspecified atom stereocenters. The summed E-state index contributed by atoms with van der Waals surface area (Å²) in [5.74, 6) is 1.11. The number of hydrogen-bond donors (Lipinski definition) is 0.